The number of phenolic OH excluding ortho intramolecular Hbond substituents is 1. The number of benzene rings is 1. The van der Waals surface area contributed by atoms with E-state index in [1.54, 1.807) is 18.2 Å². The predicted octanol–water partition coefficient (Wildman–Crippen LogP) is 3.83. The quantitative estimate of drug-likeness (QED) is 0.779. The Bertz CT molecular complexity index is 572. The number of carbonyl (C=O) groups is 1. The number of allylic oxidation sites excluding steroid dienone is 2. The predicted molar refractivity (Wildman–Crippen MR) is 96.2 cm³/mol. The molecule has 1 aliphatic carbocycles. The molecule has 0 spiro atoms. The van der Waals surface area contributed by atoms with Crippen LogP contribution in [-0.2, 0) is 11.2 Å². The topological polar surface area (TPSA) is 58.6 Å². The fraction of sp³-hybridized carbons (Fsp3) is 0.550. The number of hydrogen-bond acceptors (Lipinski definition) is 3. The largest absolute Gasteiger partial charge is 0.504 e. The summed E-state index contributed by atoms with van der Waals surface area (Å²) in [5.74, 6) is 1.78. The molecule has 1 aliphatic rings. The van der Waals surface area contributed by atoms with Gasteiger partial charge >= 0.3 is 0 Å². The van der Waals surface area contributed by atoms with Crippen LogP contribution in [0.1, 0.15) is 45.1 Å². The van der Waals surface area contributed by atoms with Gasteiger partial charge in [0.25, 0.3) is 0 Å². The third-order valence-electron chi connectivity index (χ3n) is 4.51. The van der Waals surface area contributed by atoms with Gasteiger partial charge in [-0.05, 0) is 55.2 Å². The molecule has 0 heterocycles. The molecule has 0 saturated heterocycles. The molecule has 2 rings (SSSR count). The first-order valence-electron chi connectivity index (χ1n) is 8.81. The number of methoxy groups -OCH3 is 1. The third kappa shape index (κ3) is 5.59. The van der Waals surface area contributed by atoms with E-state index >= 15 is 0 Å². The van der Waals surface area contributed by atoms with Crippen LogP contribution >= 0.6 is 0 Å². The molecule has 24 heavy (non-hydrogen) atoms. The van der Waals surface area contributed by atoms with Gasteiger partial charge in [-0.3, -0.25) is 4.79 Å². The molecule has 1 saturated carbocycles. The van der Waals surface area contributed by atoms with Crippen molar-refractivity contribution in [3.63, 3.8) is 0 Å². The van der Waals surface area contributed by atoms with Crippen molar-refractivity contribution in [2.45, 2.75) is 52.0 Å². The van der Waals surface area contributed by atoms with E-state index < -0.39 is 0 Å². The normalized spacial score (nSPS) is 21.2. The molecule has 0 aliphatic heterocycles. The Hall–Kier alpha value is -1.97. The number of aromatic hydroxyl groups is 1. The molecule has 1 fully saturated rings. The highest BCUT2D eigenvalue weighted by Crippen LogP contribution is 2.27. The highest BCUT2D eigenvalue weighted by molar-refractivity contribution is 5.79. The highest BCUT2D eigenvalue weighted by Gasteiger charge is 2.21. The zero-order chi connectivity index (χ0) is 17.5. The molecule has 2 N–H and O–H groups in total. The van der Waals surface area contributed by atoms with Crippen LogP contribution in [0.4, 0.5) is 0 Å². The first-order chi connectivity index (χ1) is 11.5. The summed E-state index contributed by atoms with van der Waals surface area (Å²) < 4.78 is 5.08. The van der Waals surface area contributed by atoms with E-state index in [4.69, 9.17) is 4.74 Å². The van der Waals surface area contributed by atoms with Gasteiger partial charge < -0.3 is 15.2 Å². The first-order valence-corrected chi connectivity index (χ1v) is 8.81. The van der Waals surface area contributed by atoms with Crippen molar-refractivity contribution in [3.8, 4) is 11.5 Å². The summed E-state index contributed by atoms with van der Waals surface area (Å²) in [7, 11) is 1.51. The van der Waals surface area contributed by atoms with E-state index in [1.165, 1.54) is 7.11 Å². The second-order valence-electron chi connectivity index (χ2n) is 6.99. The maximum atomic E-state index is 12.2. The molecule has 0 unspecified atom stereocenters. The standard InChI is InChI=1S/C20H29NO3/c1-14(2)4-5-15-6-9-17(10-7-15)21-20(23)13-16-8-11-18(22)19(12-16)24-3/h4-5,8,11-12,14-15,17,22H,6-7,9-10,13H2,1-3H3,(H,21,23). The summed E-state index contributed by atoms with van der Waals surface area (Å²) in [6, 6.07) is 5.31. The Kier molecular flexibility index (Phi) is 6.71. The molecule has 1 aromatic rings. The number of amides is 1. The zero-order valence-corrected chi connectivity index (χ0v) is 14.9. The Labute approximate surface area is 144 Å². The van der Waals surface area contributed by atoms with Gasteiger partial charge in [0.1, 0.15) is 0 Å². The number of rotatable bonds is 6. The Morgan fingerprint density at radius 3 is 2.67 bits per heavy atom. The number of ether oxygens (including phenoxy) is 1. The Morgan fingerprint density at radius 2 is 2.04 bits per heavy atom. The minimum atomic E-state index is 0.0314. The lowest BCUT2D eigenvalue weighted by molar-refractivity contribution is -0.121. The number of hydrogen-bond donors (Lipinski definition) is 2. The van der Waals surface area contributed by atoms with Gasteiger partial charge in [0.15, 0.2) is 11.5 Å². The molecule has 1 aromatic carbocycles. The lowest BCUT2D eigenvalue weighted by Crippen LogP contribution is -2.38. The molecule has 0 radical (unpaired) electrons. The first kappa shape index (κ1) is 18.4. The second kappa shape index (κ2) is 8.76. The molecular formula is C20H29NO3. The lowest BCUT2D eigenvalue weighted by Gasteiger charge is -2.27. The molecular weight excluding hydrogens is 302 g/mol. The van der Waals surface area contributed by atoms with Crippen LogP contribution < -0.4 is 10.1 Å². The summed E-state index contributed by atoms with van der Waals surface area (Å²) in [6.45, 7) is 4.39. The highest BCUT2D eigenvalue weighted by atomic mass is 16.5. The van der Waals surface area contributed by atoms with Crippen LogP contribution in [0.25, 0.3) is 0 Å². The SMILES string of the molecule is COc1cc(CC(=O)NC2CCC(C=CC(C)C)CC2)ccc1O. The van der Waals surface area contributed by atoms with Gasteiger partial charge in [0.05, 0.1) is 13.5 Å². The van der Waals surface area contributed by atoms with Crippen molar-refractivity contribution in [1.29, 1.82) is 0 Å². The van der Waals surface area contributed by atoms with E-state index in [-0.39, 0.29) is 17.7 Å². The van der Waals surface area contributed by atoms with Crippen LogP contribution in [-0.4, -0.2) is 24.2 Å². The maximum Gasteiger partial charge on any atom is 0.224 e. The van der Waals surface area contributed by atoms with Gasteiger partial charge in [-0.1, -0.05) is 32.1 Å². The van der Waals surface area contributed by atoms with E-state index in [0.717, 1.165) is 31.2 Å². The Balaban J connectivity index is 1.79. The van der Waals surface area contributed by atoms with E-state index in [2.05, 4.69) is 31.3 Å². The van der Waals surface area contributed by atoms with Gasteiger partial charge in [-0.15, -0.1) is 0 Å². The minimum absolute atomic E-state index is 0.0314. The fourth-order valence-electron chi connectivity index (χ4n) is 3.13. The Morgan fingerprint density at radius 1 is 1.33 bits per heavy atom. The summed E-state index contributed by atoms with van der Waals surface area (Å²) >= 11 is 0. The van der Waals surface area contributed by atoms with Crippen molar-refractivity contribution in [1.82, 2.24) is 5.32 Å². The van der Waals surface area contributed by atoms with Gasteiger partial charge in [-0.25, -0.2) is 0 Å². The van der Waals surface area contributed by atoms with E-state index in [0.29, 0.717) is 24.0 Å². The van der Waals surface area contributed by atoms with Crippen LogP contribution in [0.15, 0.2) is 30.4 Å². The number of nitrogens with one attached hydrogen (secondary N) is 1. The van der Waals surface area contributed by atoms with Crippen LogP contribution in [0.3, 0.4) is 0 Å². The lowest BCUT2D eigenvalue weighted by atomic mass is 9.85. The van der Waals surface area contributed by atoms with Gasteiger partial charge in [0.2, 0.25) is 5.91 Å². The minimum Gasteiger partial charge on any atom is -0.504 e. The smallest absolute Gasteiger partial charge is 0.224 e. The summed E-state index contributed by atoms with van der Waals surface area (Å²) in [6.07, 6.45) is 9.29. The van der Waals surface area contributed by atoms with Gasteiger partial charge in [-0.2, -0.15) is 0 Å². The van der Waals surface area contributed by atoms with Crippen molar-refractivity contribution in [3.05, 3.63) is 35.9 Å². The summed E-state index contributed by atoms with van der Waals surface area (Å²) in [5.41, 5.74) is 0.843. The van der Waals surface area contributed by atoms with Crippen LogP contribution in [0, 0.1) is 11.8 Å². The fourth-order valence-corrected chi connectivity index (χ4v) is 3.13. The second-order valence-corrected chi connectivity index (χ2v) is 6.99. The van der Waals surface area contributed by atoms with E-state index in [1.807, 2.05) is 0 Å². The number of carbonyl (C=O) groups excluding carboxylic acids is 1. The zero-order valence-electron chi connectivity index (χ0n) is 14.9. The average Bonchev–Trinajstić information content (AvgIpc) is 2.56. The van der Waals surface area contributed by atoms with Crippen LogP contribution in [0.5, 0.6) is 11.5 Å². The third-order valence-corrected chi connectivity index (χ3v) is 4.51. The molecule has 4 heteroatoms. The van der Waals surface area contributed by atoms with Crippen molar-refractivity contribution >= 4 is 5.91 Å². The molecule has 4 nitrogen and oxygen atoms in total. The molecule has 132 valence electrons. The molecule has 0 bridgehead atoms. The number of phenols is 1. The summed E-state index contributed by atoms with van der Waals surface area (Å²) in [4.78, 5) is 12.2. The summed E-state index contributed by atoms with van der Waals surface area (Å²) in [5, 5.41) is 12.7. The molecule has 0 aromatic heterocycles. The van der Waals surface area contributed by atoms with Gasteiger partial charge in [0, 0.05) is 6.04 Å². The monoisotopic (exact) mass is 331 g/mol. The van der Waals surface area contributed by atoms with E-state index in [9.17, 15) is 9.90 Å². The molecule has 1 amide bonds. The van der Waals surface area contributed by atoms with Crippen molar-refractivity contribution < 1.29 is 14.6 Å². The molecule has 0 atom stereocenters. The van der Waals surface area contributed by atoms with Crippen LogP contribution in [0.2, 0.25) is 0 Å². The average molecular weight is 331 g/mol. The van der Waals surface area contributed by atoms with Crippen molar-refractivity contribution in [2.75, 3.05) is 7.11 Å². The van der Waals surface area contributed by atoms with Crippen molar-refractivity contribution in [2.24, 2.45) is 11.8 Å². The maximum absolute atomic E-state index is 12.2.